The van der Waals surface area contributed by atoms with Crippen molar-refractivity contribution in [1.29, 1.82) is 0 Å². The van der Waals surface area contributed by atoms with Gasteiger partial charge in [0.1, 0.15) is 5.58 Å². The Hall–Kier alpha value is -2.66. The van der Waals surface area contributed by atoms with E-state index in [1.807, 2.05) is 6.92 Å². The standard InChI is InChI=1S/C17H11ClO5/c1-8-4-13-10(6-11(8)18)15(19)16(20)17(23-13)9-2-3-12-14(5-9)22-7-21-12/h2-6,20H,7H2,1H3. The fourth-order valence-corrected chi connectivity index (χ4v) is 2.70. The van der Waals surface area contributed by atoms with Crippen molar-refractivity contribution in [3.05, 3.63) is 51.1 Å². The van der Waals surface area contributed by atoms with Crippen molar-refractivity contribution >= 4 is 22.6 Å². The normalized spacial score (nSPS) is 12.8. The Kier molecular flexibility index (Phi) is 2.99. The quantitative estimate of drug-likeness (QED) is 0.733. The molecule has 1 aliphatic heterocycles. The summed E-state index contributed by atoms with van der Waals surface area (Å²) in [4.78, 5) is 12.4. The maximum Gasteiger partial charge on any atom is 0.235 e. The molecular formula is C17H11ClO5. The van der Waals surface area contributed by atoms with Crippen LogP contribution in [0.2, 0.25) is 5.02 Å². The molecule has 0 radical (unpaired) electrons. The van der Waals surface area contributed by atoms with Gasteiger partial charge in [0.05, 0.1) is 5.39 Å². The Morgan fingerprint density at radius 1 is 1.13 bits per heavy atom. The smallest absolute Gasteiger partial charge is 0.235 e. The molecule has 116 valence electrons. The van der Waals surface area contributed by atoms with Crippen molar-refractivity contribution in [3.63, 3.8) is 0 Å². The first-order valence-electron chi connectivity index (χ1n) is 6.90. The summed E-state index contributed by atoms with van der Waals surface area (Å²) in [6, 6.07) is 8.24. The summed E-state index contributed by atoms with van der Waals surface area (Å²) < 4.78 is 16.3. The van der Waals surface area contributed by atoms with Crippen molar-refractivity contribution in [2.24, 2.45) is 0 Å². The largest absolute Gasteiger partial charge is 0.502 e. The maximum atomic E-state index is 12.4. The van der Waals surface area contributed by atoms with E-state index in [0.29, 0.717) is 27.7 Å². The van der Waals surface area contributed by atoms with Crippen LogP contribution in [0.25, 0.3) is 22.3 Å². The minimum atomic E-state index is -0.527. The van der Waals surface area contributed by atoms with Crippen molar-refractivity contribution in [2.45, 2.75) is 6.92 Å². The van der Waals surface area contributed by atoms with Crippen LogP contribution in [0, 0.1) is 6.92 Å². The minimum Gasteiger partial charge on any atom is -0.502 e. The molecule has 4 rings (SSSR count). The highest BCUT2D eigenvalue weighted by Gasteiger charge is 2.20. The highest BCUT2D eigenvalue weighted by molar-refractivity contribution is 6.32. The molecule has 2 aromatic carbocycles. The Balaban J connectivity index is 1.99. The average molecular weight is 331 g/mol. The Morgan fingerprint density at radius 2 is 1.91 bits per heavy atom. The fraction of sp³-hybridized carbons (Fsp3) is 0.118. The second-order valence-corrected chi connectivity index (χ2v) is 5.68. The van der Waals surface area contributed by atoms with E-state index < -0.39 is 11.2 Å². The Labute approximate surface area is 135 Å². The van der Waals surface area contributed by atoms with Gasteiger partial charge in [0.15, 0.2) is 17.3 Å². The van der Waals surface area contributed by atoms with Gasteiger partial charge in [-0.15, -0.1) is 0 Å². The van der Waals surface area contributed by atoms with E-state index in [-0.39, 0.29) is 17.9 Å². The third kappa shape index (κ3) is 2.12. The van der Waals surface area contributed by atoms with Crippen LogP contribution in [-0.2, 0) is 0 Å². The van der Waals surface area contributed by atoms with Crippen molar-refractivity contribution < 1.29 is 19.0 Å². The molecule has 0 spiro atoms. The number of benzene rings is 2. The molecule has 1 N–H and O–H groups in total. The molecule has 6 heteroatoms. The average Bonchev–Trinajstić information content (AvgIpc) is 3.00. The second kappa shape index (κ2) is 4.93. The molecule has 0 unspecified atom stereocenters. The van der Waals surface area contributed by atoms with E-state index in [2.05, 4.69) is 0 Å². The van der Waals surface area contributed by atoms with Crippen LogP contribution in [-0.4, -0.2) is 11.9 Å². The van der Waals surface area contributed by atoms with E-state index in [1.165, 1.54) is 6.07 Å². The summed E-state index contributed by atoms with van der Waals surface area (Å²) >= 11 is 6.04. The summed E-state index contributed by atoms with van der Waals surface area (Å²) in [5.74, 6) is 0.773. The first kappa shape index (κ1) is 14.0. The lowest BCUT2D eigenvalue weighted by molar-refractivity contribution is 0.174. The Morgan fingerprint density at radius 3 is 2.74 bits per heavy atom. The van der Waals surface area contributed by atoms with Crippen LogP contribution in [0.15, 0.2) is 39.5 Å². The number of aromatic hydroxyl groups is 1. The molecule has 0 atom stereocenters. The maximum absolute atomic E-state index is 12.4. The van der Waals surface area contributed by atoms with Crippen LogP contribution < -0.4 is 14.9 Å². The zero-order valence-corrected chi connectivity index (χ0v) is 12.8. The van der Waals surface area contributed by atoms with Crippen LogP contribution in [0.5, 0.6) is 17.2 Å². The van der Waals surface area contributed by atoms with Gasteiger partial charge in [0.2, 0.25) is 18.0 Å². The molecule has 3 aromatic rings. The van der Waals surface area contributed by atoms with Crippen molar-refractivity contribution in [3.8, 4) is 28.6 Å². The number of hydrogen-bond acceptors (Lipinski definition) is 5. The molecule has 0 aliphatic carbocycles. The lowest BCUT2D eigenvalue weighted by Crippen LogP contribution is -2.03. The molecule has 0 bridgehead atoms. The summed E-state index contributed by atoms with van der Waals surface area (Å²) in [6.45, 7) is 1.96. The van der Waals surface area contributed by atoms with E-state index in [9.17, 15) is 9.90 Å². The minimum absolute atomic E-state index is 0.0857. The zero-order valence-electron chi connectivity index (χ0n) is 12.1. The van der Waals surface area contributed by atoms with Crippen LogP contribution in [0.3, 0.4) is 0 Å². The van der Waals surface area contributed by atoms with E-state index in [4.69, 9.17) is 25.5 Å². The summed E-state index contributed by atoms with van der Waals surface area (Å²) in [5, 5.41) is 10.9. The SMILES string of the molecule is Cc1cc2oc(-c3ccc4c(c3)OCO4)c(O)c(=O)c2cc1Cl. The number of rotatable bonds is 1. The number of halogens is 1. The summed E-state index contributed by atoms with van der Waals surface area (Å²) in [5.41, 5.74) is 1.14. The third-order valence-corrected chi connectivity index (χ3v) is 4.19. The molecule has 0 amide bonds. The Bertz CT molecular complexity index is 1010. The van der Waals surface area contributed by atoms with Gasteiger partial charge in [0, 0.05) is 10.6 Å². The number of ether oxygens (including phenoxy) is 2. The van der Waals surface area contributed by atoms with Gasteiger partial charge in [-0.2, -0.15) is 0 Å². The highest BCUT2D eigenvalue weighted by Crippen LogP contribution is 2.38. The predicted molar refractivity (Wildman–Crippen MR) is 85.5 cm³/mol. The number of fused-ring (bicyclic) bond motifs is 2. The lowest BCUT2D eigenvalue weighted by atomic mass is 10.1. The highest BCUT2D eigenvalue weighted by atomic mass is 35.5. The van der Waals surface area contributed by atoms with Crippen molar-refractivity contribution in [2.75, 3.05) is 6.79 Å². The first-order valence-corrected chi connectivity index (χ1v) is 7.28. The summed E-state index contributed by atoms with van der Waals surface area (Å²) in [7, 11) is 0. The third-order valence-electron chi connectivity index (χ3n) is 3.78. The molecule has 0 saturated carbocycles. The molecule has 1 aromatic heterocycles. The van der Waals surface area contributed by atoms with Crippen LogP contribution >= 0.6 is 11.6 Å². The molecule has 5 nitrogen and oxygen atoms in total. The van der Waals surface area contributed by atoms with Gasteiger partial charge in [-0.25, -0.2) is 0 Å². The second-order valence-electron chi connectivity index (χ2n) is 5.27. The topological polar surface area (TPSA) is 68.9 Å². The van der Waals surface area contributed by atoms with Crippen LogP contribution in [0.1, 0.15) is 5.56 Å². The van der Waals surface area contributed by atoms with Crippen LogP contribution in [0.4, 0.5) is 0 Å². The summed E-state index contributed by atoms with van der Waals surface area (Å²) in [6.07, 6.45) is 0. The van der Waals surface area contributed by atoms with Crippen molar-refractivity contribution in [1.82, 2.24) is 0 Å². The lowest BCUT2D eigenvalue weighted by Gasteiger charge is -2.08. The molecule has 1 aliphatic rings. The van der Waals surface area contributed by atoms with E-state index in [0.717, 1.165) is 5.56 Å². The van der Waals surface area contributed by atoms with E-state index >= 15 is 0 Å². The van der Waals surface area contributed by atoms with Gasteiger partial charge >= 0.3 is 0 Å². The molecular weight excluding hydrogens is 320 g/mol. The molecule has 2 heterocycles. The van der Waals surface area contributed by atoms with E-state index in [1.54, 1.807) is 24.3 Å². The first-order chi connectivity index (χ1) is 11.0. The predicted octanol–water partition coefficient (Wildman–Crippen LogP) is 3.86. The molecule has 0 fully saturated rings. The van der Waals surface area contributed by atoms with Gasteiger partial charge in [-0.1, -0.05) is 11.6 Å². The fourth-order valence-electron chi connectivity index (χ4n) is 2.54. The van der Waals surface area contributed by atoms with Gasteiger partial charge in [0.25, 0.3) is 0 Å². The zero-order chi connectivity index (χ0) is 16.1. The van der Waals surface area contributed by atoms with Gasteiger partial charge in [-0.3, -0.25) is 4.79 Å². The van der Waals surface area contributed by atoms with Gasteiger partial charge in [-0.05, 0) is 42.8 Å². The monoisotopic (exact) mass is 330 g/mol. The molecule has 23 heavy (non-hydrogen) atoms. The number of aryl methyl sites for hydroxylation is 1. The molecule has 0 saturated heterocycles. The number of hydrogen-bond donors (Lipinski definition) is 1. The van der Waals surface area contributed by atoms with Gasteiger partial charge < -0.3 is 19.0 Å².